The summed E-state index contributed by atoms with van der Waals surface area (Å²) in [6.07, 6.45) is 0. The van der Waals surface area contributed by atoms with Gasteiger partial charge in [0.1, 0.15) is 5.75 Å². The van der Waals surface area contributed by atoms with Crippen LogP contribution in [0.4, 0.5) is 8.78 Å². The van der Waals surface area contributed by atoms with Crippen molar-refractivity contribution in [1.29, 1.82) is 0 Å². The van der Waals surface area contributed by atoms with Crippen molar-refractivity contribution in [3.63, 3.8) is 0 Å². The number of para-hydroxylation sites is 1. The van der Waals surface area contributed by atoms with Crippen LogP contribution in [0.2, 0.25) is 0 Å². The minimum Gasteiger partial charge on any atom is -0.434 e. The second-order valence-corrected chi connectivity index (χ2v) is 5.79. The molecule has 0 bridgehead atoms. The lowest BCUT2D eigenvalue weighted by Crippen LogP contribution is -2.36. The van der Waals surface area contributed by atoms with Gasteiger partial charge in [-0.1, -0.05) is 18.2 Å². The van der Waals surface area contributed by atoms with E-state index < -0.39 is 6.61 Å². The lowest BCUT2D eigenvalue weighted by Gasteiger charge is -2.14. The second kappa shape index (κ2) is 10.4. The molecular formula is C16H20F2IN3OS. The molecule has 0 saturated carbocycles. The molecule has 2 N–H and O–H groups in total. The van der Waals surface area contributed by atoms with E-state index in [2.05, 4.69) is 33.4 Å². The summed E-state index contributed by atoms with van der Waals surface area (Å²) in [6.45, 7) is 0.224. The van der Waals surface area contributed by atoms with Crippen molar-refractivity contribution in [2.75, 3.05) is 7.05 Å². The van der Waals surface area contributed by atoms with Gasteiger partial charge in [-0.25, -0.2) is 0 Å². The van der Waals surface area contributed by atoms with E-state index in [1.54, 1.807) is 36.6 Å². The number of hydrogen-bond donors (Lipinski definition) is 2. The van der Waals surface area contributed by atoms with E-state index in [-0.39, 0.29) is 29.7 Å². The Balaban J connectivity index is 0.00000288. The van der Waals surface area contributed by atoms with Gasteiger partial charge in [0.25, 0.3) is 0 Å². The van der Waals surface area contributed by atoms with Crippen molar-refractivity contribution in [2.24, 2.45) is 4.99 Å². The molecule has 0 atom stereocenters. The predicted molar refractivity (Wildman–Crippen MR) is 105 cm³/mol. The minimum absolute atomic E-state index is 0. The summed E-state index contributed by atoms with van der Waals surface area (Å²) < 4.78 is 29.3. The molecule has 24 heavy (non-hydrogen) atoms. The number of hydrogen-bond acceptors (Lipinski definition) is 3. The smallest absolute Gasteiger partial charge is 0.387 e. The number of halogens is 3. The van der Waals surface area contributed by atoms with Crippen molar-refractivity contribution < 1.29 is 13.5 Å². The Hall–Kier alpha value is -1.42. The zero-order chi connectivity index (χ0) is 16.7. The third-order valence-electron chi connectivity index (χ3n) is 3.24. The maximum atomic E-state index is 12.4. The van der Waals surface area contributed by atoms with Gasteiger partial charge in [-0.3, -0.25) is 4.99 Å². The summed E-state index contributed by atoms with van der Waals surface area (Å²) in [7, 11) is 1.66. The maximum Gasteiger partial charge on any atom is 0.387 e. The van der Waals surface area contributed by atoms with E-state index in [1.807, 2.05) is 5.38 Å². The van der Waals surface area contributed by atoms with Crippen LogP contribution in [0.1, 0.15) is 16.0 Å². The molecule has 2 aromatic rings. The molecule has 8 heteroatoms. The maximum absolute atomic E-state index is 12.4. The van der Waals surface area contributed by atoms with E-state index >= 15 is 0 Å². The first-order chi connectivity index (χ1) is 11.1. The van der Waals surface area contributed by atoms with E-state index in [4.69, 9.17) is 0 Å². The van der Waals surface area contributed by atoms with E-state index in [0.717, 1.165) is 0 Å². The normalized spacial score (nSPS) is 11.1. The van der Waals surface area contributed by atoms with Gasteiger partial charge < -0.3 is 15.4 Å². The monoisotopic (exact) mass is 467 g/mol. The lowest BCUT2D eigenvalue weighted by atomic mass is 10.2. The Morgan fingerprint density at radius 1 is 1.21 bits per heavy atom. The predicted octanol–water partition coefficient (Wildman–Crippen LogP) is 4.14. The average molecular weight is 467 g/mol. The van der Waals surface area contributed by atoms with Crippen LogP contribution in [0.25, 0.3) is 0 Å². The Labute approximate surface area is 161 Å². The molecule has 0 aliphatic heterocycles. The molecule has 0 amide bonds. The first-order valence-electron chi connectivity index (χ1n) is 7.10. The second-order valence-electron chi connectivity index (χ2n) is 4.79. The van der Waals surface area contributed by atoms with Gasteiger partial charge >= 0.3 is 6.61 Å². The number of aliphatic imine (C=N–C) groups is 1. The summed E-state index contributed by atoms with van der Waals surface area (Å²) in [6, 6.07) is 8.76. The molecule has 2 rings (SSSR count). The first kappa shape index (κ1) is 20.6. The number of thiophene rings is 1. The molecule has 0 aliphatic carbocycles. The molecular weight excluding hydrogens is 447 g/mol. The van der Waals surface area contributed by atoms with Crippen LogP contribution in [0.5, 0.6) is 5.75 Å². The summed E-state index contributed by atoms with van der Waals surface area (Å²) in [5.41, 5.74) is 1.87. The van der Waals surface area contributed by atoms with E-state index in [0.29, 0.717) is 24.6 Å². The molecule has 0 unspecified atom stereocenters. The molecule has 1 heterocycles. The highest BCUT2D eigenvalue weighted by Crippen LogP contribution is 2.20. The van der Waals surface area contributed by atoms with Crippen LogP contribution < -0.4 is 15.4 Å². The standard InChI is InChI=1S/C16H19F2N3OS.HI/c1-11-7-8-23-14(11)10-21-16(19-2)20-9-12-5-3-4-6-13(12)22-15(17)18;/h3-8,15H,9-10H2,1-2H3,(H2,19,20,21);1H. The number of rotatable bonds is 6. The number of ether oxygens (including phenoxy) is 1. The number of nitrogens with zero attached hydrogens (tertiary/aromatic N) is 1. The molecule has 0 radical (unpaired) electrons. The van der Waals surface area contributed by atoms with Gasteiger partial charge in [0.05, 0.1) is 6.54 Å². The molecule has 0 fully saturated rings. The molecule has 0 saturated heterocycles. The first-order valence-corrected chi connectivity index (χ1v) is 7.98. The third-order valence-corrected chi connectivity index (χ3v) is 4.27. The van der Waals surface area contributed by atoms with Gasteiger partial charge in [-0.2, -0.15) is 8.78 Å². The van der Waals surface area contributed by atoms with Crippen LogP contribution in [-0.2, 0) is 13.1 Å². The summed E-state index contributed by atoms with van der Waals surface area (Å²) >= 11 is 1.68. The molecule has 0 spiro atoms. The van der Waals surface area contributed by atoms with Gasteiger partial charge in [0.15, 0.2) is 5.96 Å². The zero-order valence-corrected chi connectivity index (χ0v) is 16.5. The Bertz CT molecular complexity index is 664. The number of guanidine groups is 1. The fourth-order valence-electron chi connectivity index (χ4n) is 2.01. The summed E-state index contributed by atoms with van der Waals surface area (Å²) in [5, 5.41) is 8.35. The molecule has 1 aromatic heterocycles. The van der Waals surface area contributed by atoms with Crippen LogP contribution >= 0.6 is 35.3 Å². The highest BCUT2D eigenvalue weighted by molar-refractivity contribution is 14.0. The van der Waals surface area contributed by atoms with Crippen molar-refractivity contribution in [3.05, 3.63) is 51.7 Å². The van der Waals surface area contributed by atoms with Crippen LogP contribution in [0, 0.1) is 6.92 Å². The van der Waals surface area contributed by atoms with E-state index in [9.17, 15) is 8.78 Å². The molecule has 132 valence electrons. The Morgan fingerprint density at radius 3 is 2.54 bits per heavy atom. The van der Waals surface area contributed by atoms with Gasteiger partial charge in [-0.05, 0) is 30.0 Å². The largest absolute Gasteiger partial charge is 0.434 e. The Kier molecular flexibility index (Phi) is 8.98. The number of nitrogens with one attached hydrogen (secondary N) is 2. The SMILES string of the molecule is CN=C(NCc1ccccc1OC(F)F)NCc1sccc1C.I. The fourth-order valence-corrected chi connectivity index (χ4v) is 2.86. The minimum atomic E-state index is -2.84. The van der Waals surface area contributed by atoms with Crippen molar-refractivity contribution in [3.8, 4) is 5.75 Å². The van der Waals surface area contributed by atoms with Crippen LogP contribution in [0.15, 0.2) is 40.7 Å². The third kappa shape index (κ3) is 6.23. The highest BCUT2D eigenvalue weighted by atomic mass is 127. The van der Waals surface area contributed by atoms with Crippen LogP contribution in [-0.4, -0.2) is 19.6 Å². The zero-order valence-electron chi connectivity index (χ0n) is 13.4. The van der Waals surface area contributed by atoms with Gasteiger partial charge in [0.2, 0.25) is 0 Å². The number of benzene rings is 1. The van der Waals surface area contributed by atoms with Crippen molar-refractivity contribution in [2.45, 2.75) is 26.6 Å². The lowest BCUT2D eigenvalue weighted by molar-refractivity contribution is -0.0504. The average Bonchev–Trinajstić information content (AvgIpc) is 2.93. The van der Waals surface area contributed by atoms with Gasteiger partial charge in [0, 0.05) is 24.0 Å². The van der Waals surface area contributed by atoms with Crippen LogP contribution in [0.3, 0.4) is 0 Å². The fraction of sp³-hybridized carbons (Fsp3) is 0.312. The Morgan fingerprint density at radius 2 is 1.92 bits per heavy atom. The molecule has 0 aliphatic rings. The highest BCUT2D eigenvalue weighted by Gasteiger charge is 2.09. The van der Waals surface area contributed by atoms with Crippen molar-refractivity contribution >= 4 is 41.3 Å². The van der Waals surface area contributed by atoms with Gasteiger partial charge in [-0.15, -0.1) is 35.3 Å². The molecule has 4 nitrogen and oxygen atoms in total. The number of alkyl halides is 2. The topological polar surface area (TPSA) is 45.7 Å². The quantitative estimate of drug-likeness (QED) is 0.382. The summed E-state index contributed by atoms with van der Waals surface area (Å²) in [4.78, 5) is 5.36. The molecule has 1 aromatic carbocycles. The number of aryl methyl sites for hydroxylation is 1. The van der Waals surface area contributed by atoms with Crippen molar-refractivity contribution in [1.82, 2.24) is 10.6 Å². The van der Waals surface area contributed by atoms with E-state index in [1.165, 1.54) is 16.5 Å². The summed E-state index contributed by atoms with van der Waals surface area (Å²) in [5.74, 6) is 0.768.